The molecule has 2 heterocycles. The zero-order chi connectivity index (χ0) is 10.7. The van der Waals surface area contributed by atoms with Crippen molar-refractivity contribution < 1.29 is 4.74 Å². The molecular weight excluding hydrogens is 210 g/mol. The Morgan fingerprint density at radius 1 is 1.47 bits per heavy atom. The number of likely N-dealkylation sites (N-methyl/N-ethyl adjacent to an activating group) is 1. The lowest BCUT2D eigenvalue weighted by molar-refractivity contribution is 0.124. The third kappa shape index (κ3) is 2.89. The van der Waals surface area contributed by atoms with Crippen molar-refractivity contribution in [1.82, 2.24) is 15.1 Å². The van der Waals surface area contributed by atoms with Crippen LogP contribution in [-0.4, -0.2) is 41.3 Å². The van der Waals surface area contributed by atoms with E-state index < -0.39 is 0 Å². The first-order valence-corrected chi connectivity index (χ1v) is 6.20. The van der Waals surface area contributed by atoms with Gasteiger partial charge in [0.25, 0.3) is 5.19 Å². The fourth-order valence-electron chi connectivity index (χ4n) is 1.86. The van der Waals surface area contributed by atoms with Crippen LogP contribution in [0.2, 0.25) is 0 Å². The molecule has 1 aliphatic heterocycles. The van der Waals surface area contributed by atoms with Crippen molar-refractivity contribution in [3.8, 4) is 5.19 Å². The number of rotatable bonds is 3. The molecular formula is C10H17N3OS. The van der Waals surface area contributed by atoms with Crippen LogP contribution in [0, 0.1) is 6.92 Å². The predicted molar refractivity (Wildman–Crippen MR) is 60.4 cm³/mol. The van der Waals surface area contributed by atoms with Crippen LogP contribution in [0.1, 0.15) is 24.3 Å². The maximum absolute atomic E-state index is 5.64. The van der Waals surface area contributed by atoms with Gasteiger partial charge in [-0.1, -0.05) is 17.8 Å². The van der Waals surface area contributed by atoms with Crippen molar-refractivity contribution in [1.29, 1.82) is 0 Å². The SMILES string of the molecule is Cc1nnc(OCC2CCCCN2C)s1. The van der Waals surface area contributed by atoms with Gasteiger partial charge in [-0.05, 0) is 33.4 Å². The van der Waals surface area contributed by atoms with E-state index in [9.17, 15) is 0 Å². The van der Waals surface area contributed by atoms with E-state index in [-0.39, 0.29) is 0 Å². The molecule has 4 nitrogen and oxygen atoms in total. The van der Waals surface area contributed by atoms with Crippen LogP contribution in [-0.2, 0) is 0 Å². The third-order valence-electron chi connectivity index (χ3n) is 2.83. The zero-order valence-corrected chi connectivity index (χ0v) is 10.1. The molecule has 0 spiro atoms. The lowest BCUT2D eigenvalue weighted by atomic mass is 10.0. The summed E-state index contributed by atoms with van der Waals surface area (Å²) in [6, 6.07) is 0.544. The van der Waals surface area contributed by atoms with Crippen molar-refractivity contribution in [2.75, 3.05) is 20.2 Å². The van der Waals surface area contributed by atoms with Gasteiger partial charge < -0.3 is 9.64 Å². The molecule has 1 fully saturated rings. The van der Waals surface area contributed by atoms with Crippen LogP contribution in [0.3, 0.4) is 0 Å². The molecule has 0 saturated carbocycles. The second-order valence-electron chi connectivity index (χ2n) is 4.03. The summed E-state index contributed by atoms with van der Waals surface area (Å²) in [7, 11) is 2.17. The molecule has 1 saturated heterocycles. The summed E-state index contributed by atoms with van der Waals surface area (Å²) in [5, 5.41) is 9.54. The largest absolute Gasteiger partial charge is 0.467 e. The highest BCUT2D eigenvalue weighted by Crippen LogP contribution is 2.19. The van der Waals surface area contributed by atoms with Gasteiger partial charge in [0.05, 0.1) is 0 Å². The maximum atomic E-state index is 5.64. The Morgan fingerprint density at radius 2 is 2.33 bits per heavy atom. The Labute approximate surface area is 94.3 Å². The Balaban J connectivity index is 1.81. The summed E-state index contributed by atoms with van der Waals surface area (Å²) in [6.07, 6.45) is 3.85. The van der Waals surface area contributed by atoms with Crippen molar-refractivity contribution in [2.24, 2.45) is 0 Å². The average molecular weight is 227 g/mol. The molecule has 1 unspecified atom stereocenters. The monoisotopic (exact) mass is 227 g/mol. The summed E-state index contributed by atoms with van der Waals surface area (Å²) in [6.45, 7) is 3.87. The van der Waals surface area contributed by atoms with Crippen LogP contribution in [0.5, 0.6) is 5.19 Å². The van der Waals surface area contributed by atoms with Crippen molar-refractivity contribution >= 4 is 11.3 Å². The minimum Gasteiger partial charge on any atom is -0.467 e. The van der Waals surface area contributed by atoms with Crippen molar-refractivity contribution in [3.05, 3.63) is 5.01 Å². The predicted octanol–water partition coefficient (Wildman–Crippen LogP) is 1.71. The summed E-state index contributed by atoms with van der Waals surface area (Å²) in [5.41, 5.74) is 0. The van der Waals surface area contributed by atoms with E-state index >= 15 is 0 Å². The van der Waals surface area contributed by atoms with E-state index in [1.54, 1.807) is 0 Å². The highest BCUT2D eigenvalue weighted by atomic mass is 32.1. The molecule has 1 aliphatic rings. The van der Waals surface area contributed by atoms with E-state index in [4.69, 9.17) is 4.74 Å². The van der Waals surface area contributed by atoms with Crippen LogP contribution in [0.25, 0.3) is 0 Å². The highest BCUT2D eigenvalue weighted by Gasteiger charge is 2.19. The van der Waals surface area contributed by atoms with E-state index in [1.807, 2.05) is 6.92 Å². The highest BCUT2D eigenvalue weighted by molar-refractivity contribution is 7.12. The Hall–Kier alpha value is -0.680. The van der Waals surface area contributed by atoms with Gasteiger partial charge >= 0.3 is 0 Å². The topological polar surface area (TPSA) is 38.3 Å². The van der Waals surface area contributed by atoms with Crippen molar-refractivity contribution in [3.63, 3.8) is 0 Å². The lowest BCUT2D eigenvalue weighted by Gasteiger charge is -2.31. The Bertz CT molecular complexity index is 315. The van der Waals surface area contributed by atoms with Gasteiger partial charge in [0.2, 0.25) is 0 Å². The fraction of sp³-hybridized carbons (Fsp3) is 0.800. The van der Waals surface area contributed by atoms with Gasteiger partial charge in [-0.2, -0.15) is 0 Å². The summed E-state index contributed by atoms with van der Waals surface area (Å²) in [4.78, 5) is 2.37. The first-order chi connectivity index (χ1) is 7.25. The average Bonchev–Trinajstić information content (AvgIpc) is 2.63. The smallest absolute Gasteiger partial charge is 0.294 e. The fourth-order valence-corrected chi connectivity index (χ4v) is 2.40. The van der Waals surface area contributed by atoms with E-state index in [1.165, 1.54) is 37.1 Å². The normalized spacial score (nSPS) is 22.9. The number of nitrogens with zero attached hydrogens (tertiary/aromatic N) is 3. The second-order valence-corrected chi connectivity index (χ2v) is 5.17. The summed E-state index contributed by atoms with van der Waals surface area (Å²) < 4.78 is 5.64. The number of hydrogen-bond acceptors (Lipinski definition) is 5. The second kappa shape index (κ2) is 4.90. The minimum absolute atomic E-state index is 0.544. The number of piperidine rings is 1. The molecule has 15 heavy (non-hydrogen) atoms. The molecule has 1 aromatic rings. The molecule has 0 amide bonds. The van der Waals surface area contributed by atoms with Crippen molar-refractivity contribution in [2.45, 2.75) is 32.2 Å². The van der Waals surface area contributed by atoms with Gasteiger partial charge in [0, 0.05) is 6.04 Å². The van der Waals surface area contributed by atoms with Gasteiger partial charge in [-0.15, -0.1) is 10.2 Å². The van der Waals surface area contributed by atoms with E-state index in [0.717, 1.165) is 11.6 Å². The number of hydrogen-bond donors (Lipinski definition) is 0. The van der Waals surface area contributed by atoms with E-state index in [2.05, 4.69) is 22.1 Å². The van der Waals surface area contributed by atoms with Crippen LogP contribution >= 0.6 is 11.3 Å². The maximum Gasteiger partial charge on any atom is 0.294 e. The molecule has 2 rings (SSSR count). The first kappa shape index (κ1) is 10.8. The molecule has 1 aromatic heterocycles. The number of aryl methyl sites for hydroxylation is 1. The molecule has 0 aromatic carbocycles. The molecule has 5 heteroatoms. The molecule has 84 valence electrons. The Kier molecular flexibility index (Phi) is 3.53. The molecule has 0 bridgehead atoms. The number of aromatic nitrogens is 2. The van der Waals surface area contributed by atoms with Gasteiger partial charge in [-0.3, -0.25) is 0 Å². The van der Waals surface area contributed by atoms with Gasteiger partial charge in [-0.25, -0.2) is 0 Å². The zero-order valence-electron chi connectivity index (χ0n) is 9.27. The van der Waals surface area contributed by atoms with Gasteiger partial charge in [0.1, 0.15) is 11.6 Å². The molecule has 0 N–H and O–H groups in total. The number of ether oxygens (including phenoxy) is 1. The number of likely N-dealkylation sites (tertiary alicyclic amines) is 1. The van der Waals surface area contributed by atoms with Crippen LogP contribution in [0.4, 0.5) is 0 Å². The lowest BCUT2D eigenvalue weighted by Crippen LogP contribution is -2.40. The molecule has 1 atom stereocenters. The van der Waals surface area contributed by atoms with Gasteiger partial charge in [0.15, 0.2) is 0 Å². The van der Waals surface area contributed by atoms with E-state index in [0.29, 0.717) is 11.2 Å². The molecule has 0 radical (unpaired) electrons. The third-order valence-corrected chi connectivity index (χ3v) is 3.58. The first-order valence-electron chi connectivity index (χ1n) is 5.39. The van der Waals surface area contributed by atoms with Crippen LogP contribution in [0.15, 0.2) is 0 Å². The summed E-state index contributed by atoms with van der Waals surface area (Å²) in [5.74, 6) is 0. The summed E-state index contributed by atoms with van der Waals surface area (Å²) >= 11 is 1.51. The Morgan fingerprint density at radius 3 is 3.00 bits per heavy atom. The molecule has 0 aliphatic carbocycles. The minimum atomic E-state index is 0.544. The standard InChI is InChI=1S/C10H17N3OS/c1-8-11-12-10(15-8)14-7-9-5-3-4-6-13(9)2/h9H,3-7H2,1-2H3. The van der Waals surface area contributed by atoms with Crippen LogP contribution < -0.4 is 4.74 Å². The quantitative estimate of drug-likeness (QED) is 0.788.